The molecule has 2 aliphatic carbocycles. The van der Waals surface area contributed by atoms with Gasteiger partial charge in [0.25, 0.3) is 0 Å². The molecule has 1 saturated heterocycles. The number of likely N-dealkylation sites (tertiary alicyclic amines) is 1. The number of rotatable bonds is 1. The van der Waals surface area contributed by atoms with Crippen LogP contribution in [0.15, 0.2) is 23.8 Å². The lowest BCUT2D eigenvalue weighted by Crippen LogP contribution is -2.57. The number of piperidine rings is 1. The standard InChI is InChI=1S/C19H21NO4/c1-20-4-3-19-9-18(22-2)15(21)7-13(19)14(20)5-11-6-16-17(8-12(11)19)24-10-23-16/h6-8,14,18H,3-5,9-10H2,1-2H3/t14-,18+,19-/m0/s1. The minimum Gasteiger partial charge on any atom is -0.454 e. The van der Waals surface area contributed by atoms with Crippen LogP contribution in [0.4, 0.5) is 0 Å². The first-order valence-electron chi connectivity index (χ1n) is 8.54. The first-order chi connectivity index (χ1) is 11.6. The number of hydrogen-bond acceptors (Lipinski definition) is 5. The smallest absolute Gasteiger partial charge is 0.231 e. The van der Waals surface area contributed by atoms with Gasteiger partial charge in [0.05, 0.1) is 0 Å². The third kappa shape index (κ3) is 1.74. The summed E-state index contributed by atoms with van der Waals surface area (Å²) >= 11 is 0. The average Bonchev–Trinajstić information content (AvgIpc) is 3.04. The molecule has 1 aromatic carbocycles. The molecule has 2 aliphatic heterocycles. The summed E-state index contributed by atoms with van der Waals surface area (Å²) in [4.78, 5) is 14.8. The maximum Gasteiger partial charge on any atom is 0.231 e. The second-order valence-corrected chi connectivity index (χ2v) is 7.33. The Kier molecular flexibility index (Phi) is 2.92. The van der Waals surface area contributed by atoms with E-state index in [2.05, 4.69) is 24.1 Å². The molecule has 0 unspecified atom stereocenters. The van der Waals surface area contributed by atoms with Gasteiger partial charge in [0.15, 0.2) is 17.3 Å². The molecule has 2 heterocycles. The van der Waals surface area contributed by atoms with Crippen LogP contribution in [0.5, 0.6) is 11.5 Å². The van der Waals surface area contributed by atoms with Gasteiger partial charge in [-0.25, -0.2) is 0 Å². The zero-order valence-electron chi connectivity index (χ0n) is 14.0. The summed E-state index contributed by atoms with van der Waals surface area (Å²) in [6, 6.07) is 4.57. The van der Waals surface area contributed by atoms with Crippen molar-refractivity contribution < 1.29 is 19.0 Å². The van der Waals surface area contributed by atoms with Crippen LogP contribution in [0.25, 0.3) is 0 Å². The van der Waals surface area contributed by atoms with Gasteiger partial charge in [-0.3, -0.25) is 9.69 Å². The predicted molar refractivity (Wildman–Crippen MR) is 87.5 cm³/mol. The summed E-state index contributed by atoms with van der Waals surface area (Å²) in [5.41, 5.74) is 3.77. The van der Waals surface area contributed by atoms with Crippen LogP contribution in [0.2, 0.25) is 0 Å². The molecule has 0 aromatic heterocycles. The molecule has 0 spiro atoms. The van der Waals surface area contributed by atoms with Gasteiger partial charge in [-0.05, 0) is 67.8 Å². The number of ether oxygens (including phenoxy) is 3. The average molecular weight is 327 g/mol. The van der Waals surface area contributed by atoms with Crippen LogP contribution in [-0.2, 0) is 21.4 Å². The lowest BCUT2D eigenvalue weighted by molar-refractivity contribution is -0.126. The Morgan fingerprint density at radius 2 is 2.08 bits per heavy atom. The van der Waals surface area contributed by atoms with Gasteiger partial charge in [0.2, 0.25) is 6.79 Å². The Morgan fingerprint density at radius 3 is 2.88 bits per heavy atom. The van der Waals surface area contributed by atoms with Crippen molar-refractivity contribution in [3.05, 3.63) is 34.9 Å². The van der Waals surface area contributed by atoms with Crippen molar-refractivity contribution in [1.29, 1.82) is 0 Å². The lowest BCUT2D eigenvalue weighted by atomic mass is 9.56. The maximum absolute atomic E-state index is 12.4. The lowest BCUT2D eigenvalue weighted by Gasteiger charge is -2.54. The number of ketones is 1. The largest absolute Gasteiger partial charge is 0.454 e. The molecule has 1 aromatic rings. The first-order valence-corrected chi connectivity index (χ1v) is 8.54. The van der Waals surface area contributed by atoms with Gasteiger partial charge in [-0.1, -0.05) is 0 Å². The van der Waals surface area contributed by atoms with Gasteiger partial charge in [0, 0.05) is 18.6 Å². The van der Waals surface area contributed by atoms with Gasteiger partial charge in [-0.15, -0.1) is 0 Å². The quantitative estimate of drug-likeness (QED) is 0.787. The van der Waals surface area contributed by atoms with Gasteiger partial charge in [-0.2, -0.15) is 0 Å². The highest BCUT2D eigenvalue weighted by atomic mass is 16.7. The van der Waals surface area contributed by atoms with Crippen molar-refractivity contribution >= 4 is 5.78 Å². The number of benzene rings is 1. The van der Waals surface area contributed by atoms with Crippen LogP contribution in [0.3, 0.4) is 0 Å². The summed E-state index contributed by atoms with van der Waals surface area (Å²) in [6.45, 7) is 1.32. The van der Waals surface area contributed by atoms with Gasteiger partial charge < -0.3 is 14.2 Å². The molecule has 5 rings (SSSR count). The van der Waals surface area contributed by atoms with Crippen molar-refractivity contribution in [1.82, 2.24) is 4.90 Å². The molecule has 4 aliphatic rings. The zero-order chi connectivity index (χ0) is 16.5. The Bertz CT molecular complexity index is 771. The first kappa shape index (κ1) is 14.5. The Balaban J connectivity index is 1.74. The SMILES string of the molecule is CO[C@@H]1C[C@@]23CCN(C)[C@@H](Cc4cc5c(cc42)OCO5)C3=CC1=O. The summed E-state index contributed by atoms with van der Waals surface area (Å²) in [5.74, 6) is 1.77. The van der Waals surface area contributed by atoms with E-state index >= 15 is 0 Å². The molecule has 5 heteroatoms. The number of nitrogens with zero attached hydrogens (tertiary/aromatic N) is 1. The Labute approximate surface area is 141 Å². The second kappa shape index (κ2) is 4.83. The van der Waals surface area contributed by atoms with Crippen LogP contribution >= 0.6 is 0 Å². The maximum atomic E-state index is 12.4. The molecule has 126 valence electrons. The molecule has 0 N–H and O–H groups in total. The third-order valence-corrected chi connectivity index (χ3v) is 6.30. The molecule has 0 saturated carbocycles. The van der Waals surface area contributed by atoms with Crippen LogP contribution in [-0.4, -0.2) is 50.3 Å². The molecule has 2 bridgehead atoms. The normalized spacial score (nSPS) is 33.8. The van der Waals surface area contributed by atoms with E-state index < -0.39 is 0 Å². The molecular formula is C19H21NO4. The number of hydrogen-bond donors (Lipinski definition) is 0. The van der Waals surface area contributed by atoms with E-state index in [0.29, 0.717) is 0 Å². The predicted octanol–water partition coefficient (Wildman–Crippen LogP) is 1.83. The van der Waals surface area contributed by atoms with E-state index in [4.69, 9.17) is 14.2 Å². The van der Waals surface area contributed by atoms with E-state index in [1.165, 1.54) is 16.7 Å². The number of carbonyl (C=O) groups excluding carboxylic acids is 1. The molecule has 24 heavy (non-hydrogen) atoms. The van der Waals surface area contributed by atoms with Crippen molar-refractivity contribution in [2.45, 2.75) is 36.8 Å². The fourth-order valence-electron chi connectivity index (χ4n) is 5.01. The monoisotopic (exact) mass is 327 g/mol. The summed E-state index contributed by atoms with van der Waals surface area (Å²) < 4.78 is 16.7. The summed E-state index contributed by atoms with van der Waals surface area (Å²) in [5, 5.41) is 0. The highest BCUT2D eigenvalue weighted by Crippen LogP contribution is 2.55. The fourth-order valence-corrected chi connectivity index (χ4v) is 5.01. The Hall–Kier alpha value is -1.85. The molecule has 1 fully saturated rings. The van der Waals surface area contributed by atoms with Crippen LogP contribution in [0.1, 0.15) is 24.0 Å². The minimum absolute atomic E-state index is 0.104. The second-order valence-electron chi connectivity index (χ2n) is 7.33. The van der Waals surface area contributed by atoms with Crippen LogP contribution < -0.4 is 9.47 Å². The zero-order valence-corrected chi connectivity index (χ0v) is 14.0. The van der Waals surface area contributed by atoms with Crippen molar-refractivity contribution in [2.75, 3.05) is 27.5 Å². The fraction of sp³-hybridized carbons (Fsp3) is 0.526. The van der Waals surface area contributed by atoms with E-state index in [0.717, 1.165) is 37.3 Å². The number of fused-ring (bicyclic) bond motifs is 2. The topological polar surface area (TPSA) is 48.0 Å². The molecule has 5 nitrogen and oxygen atoms in total. The Morgan fingerprint density at radius 1 is 1.29 bits per heavy atom. The third-order valence-electron chi connectivity index (χ3n) is 6.30. The van der Waals surface area contributed by atoms with E-state index in [1.807, 2.05) is 6.08 Å². The van der Waals surface area contributed by atoms with Crippen molar-refractivity contribution in [3.8, 4) is 11.5 Å². The molecule has 0 amide bonds. The van der Waals surface area contributed by atoms with E-state index in [9.17, 15) is 4.79 Å². The molecule has 3 atom stereocenters. The summed E-state index contributed by atoms with van der Waals surface area (Å²) in [7, 11) is 3.79. The summed E-state index contributed by atoms with van der Waals surface area (Å²) in [6.07, 6.45) is 4.16. The number of methoxy groups -OCH3 is 1. The highest BCUT2D eigenvalue weighted by molar-refractivity contribution is 5.96. The van der Waals surface area contributed by atoms with Gasteiger partial charge >= 0.3 is 0 Å². The van der Waals surface area contributed by atoms with Crippen molar-refractivity contribution in [2.24, 2.45) is 0 Å². The van der Waals surface area contributed by atoms with E-state index in [-0.39, 0.29) is 30.1 Å². The number of carbonyl (C=O) groups is 1. The van der Waals surface area contributed by atoms with E-state index in [1.54, 1.807) is 7.11 Å². The minimum atomic E-state index is -0.353. The molecule has 0 radical (unpaired) electrons. The number of likely N-dealkylation sites (N-methyl/N-ethyl adjacent to an activating group) is 1. The van der Waals surface area contributed by atoms with Gasteiger partial charge in [0.1, 0.15) is 6.10 Å². The van der Waals surface area contributed by atoms with Crippen molar-refractivity contribution in [3.63, 3.8) is 0 Å². The molecular weight excluding hydrogens is 306 g/mol. The van der Waals surface area contributed by atoms with Crippen LogP contribution in [0, 0.1) is 0 Å². The highest BCUT2D eigenvalue weighted by Gasteiger charge is 2.53.